The minimum Gasteiger partial charge on any atom is -0.544 e. The molecule has 0 unspecified atom stereocenters. The first kappa shape index (κ1) is 17.2. The van der Waals surface area contributed by atoms with Gasteiger partial charge in [-0.3, -0.25) is 4.68 Å². The van der Waals surface area contributed by atoms with Crippen molar-refractivity contribution in [2.75, 3.05) is 0 Å². The molecule has 26 heavy (non-hydrogen) atoms. The summed E-state index contributed by atoms with van der Waals surface area (Å²) in [6, 6.07) is 19.3. The molecule has 0 N–H and O–H groups in total. The van der Waals surface area contributed by atoms with Gasteiger partial charge in [-0.2, -0.15) is 10.4 Å². The molecule has 0 aliphatic rings. The SMILES string of the molecule is Cc1cccc(-c2nn(Cc3ccccc3)cc2/C=C(\C#N)C(=O)[O-])c1. The summed E-state index contributed by atoms with van der Waals surface area (Å²) in [5.41, 5.74) is 3.75. The quantitative estimate of drug-likeness (QED) is 0.527. The first-order valence-corrected chi connectivity index (χ1v) is 8.08. The van der Waals surface area contributed by atoms with Gasteiger partial charge in [-0.15, -0.1) is 0 Å². The highest BCUT2D eigenvalue weighted by molar-refractivity contribution is 5.96. The number of aryl methyl sites for hydroxylation is 1. The molecular weight excluding hydrogens is 326 g/mol. The third kappa shape index (κ3) is 3.87. The van der Waals surface area contributed by atoms with Crippen LogP contribution in [0.4, 0.5) is 0 Å². The van der Waals surface area contributed by atoms with Crippen molar-refractivity contribution in [2.45, 2.75) is 13.5 Å². The van der Waals surface area contributed by atoms with E-state index in [1.54, 1.807) is 16.9 Å². The number of aromatic nitrogens is 2. The Labute approximate surface area is 151 Å². The first-order chi connectivity index (χ1) is 12.6. The lowest BCUT2D eigenvalue weighted by Gasteiger charge is -2.02. The molecule has 0 spiro atoms. The van der Waals surface area contributed by atoms with E-state index in [0.29, 0.717) is 17.8 Å². The van der Waals surface area contributed by atoms with Crippen molar-refractivity contribution in [3.8, 4) is 17.3 Å². The molecule has 128 valence electrons. The third-order valence-corrected chi connectivity index (χ3v) is 3.91. The predicted octanol–water partition coefficient (Wildman–Crippen LogP) is 2.56. The summed E-state index contributed by atoms with van der Waals surface area (Å²) < 4.78 is 1.74. The van der Waals surface area contributed by atoms with Crippen molar-refractivity contribution in [3.05, 3.63) is 83.1 Å². The van der Waals surface area contributed by atoms with E-state index in [0.717, 1.165) is 16.7 Å². The van der Waals surface area contributed by atoms with Gasteiger partial charge in [0.15, 0.2) is 0 Å². The number of rotatable bonds is 5. The minimum atomic E-state index is -1.50. The zero-order chi connectivity index (χ0) is 18.5. The van der Waals surface area contributed by atoms with Crippen molar-refractivity contribution in [2.24, 2.45) is 0 Å². The molecule has 3 rings (SSSR count). The average Bonchev–Trinajstić information content (AvgIpc) is 3.02. The van der Waals surface area contributed by atoms with Crippen LogP contribution in [0.5, 0.6) is 0 Å². The van der Waals surface area contributed by atoms with Gasteiger partial charge < -0.3 is 9.90 Å². The van der Waals surface area contributed by atoms with Gasteiger partial charge in [0.25, 0.3) is 0 Å². The average molecular weight is 342 g/mol. The molecule has 0 aliphatic heterocycles. The molecule has 0 atom stereocenters. The highest BCUT2D eigenvalue weighted by Gasteiger charge is 2.12. The molecule has 0 bridgehead atoms. The molecule has 5 heteroatoms. The second-order valence-electron chi connectivity index (χ2n) is 5.94. The Kier molecular flexibility index (Phi) is 4.95. The summed E-state index contributed by atoms with van der Waals surface area (Å²) in [7, 11) is 0. The molecule has 1 aromatic heterocycles. The van der Waals surface area contributed by atoms with Crippen LogP contribution in [-0.2, 0) is 11.3 Å². The van der Waals surface area contributed by atoms with Crippen LogP contribution in [0.2, 0.25) is 0 Å². The number of hydrogen-bond acceptors (Lipinski definition) is 4. The third-order valence-electron chi connectivity index (χ3n) is 3.91. The van der Waals surface area contributed by atoms with E-state index < -0.39 is 11.5 Å². The number of aliphatic carboxylic acids is 1. The lowest BCUT2D eigenvalue weighted by molar-refractivity contribution is -0.298. The van der Waals surface area contributed by atoms with E-state index in [1.165, 1.54) is 6.08 Å². The fourth-order valence-electron chi connectivity index (χ4n) is 2.70. The first-order valence-electron chi connectivity index (χ1n) is 8.08. The van der Waals surface area contributed by atoms with Crippen LogP contribution in [0, 0.1) is 18.3 Å². The molecule has 5 nitrogen and oxygen atoms in total. The maximum Gasteiger partial charge on any atom is 0.101 e. The fraction of sp³-hybridized carbons (Fsp3) is 0.0952. The van der Waals surface area contributed by atoms with Crippen LogP contribution in [0.3, 0.4) is 0 Å². The molecule has 0 radical (unpaired) electrons. The van der Waals surface area contributed by atoms with Gasteiger partial charge in [0, 0.05) is 17.3 Å². The molecule has 2 aromatic carbocycles. The molecule has 0 amide bonds. The van der Waals surface area contributed by atoms with Crippen molar-refractivity contribution >= 4 is 12.0 Å². The lowest BCUT2D eigenvalue weighted by Crippen LogP contribution is -2.23. The summed E-state index contributed by atoms with van der Waals surface area (Å²) >= 11 is 0. The largest absolute Gasteiger partial charge is 0.544 e. The Bertz CT molecular complexity index is 1010. The molecule has 0 aliphatic carbocycles. The number of carbonyl (C=O) groups is 1. The van der Waals surface area contributed by atoms with Crippen LogP contribution in [-0.4, -0.2) is 15.7 Å². The standard InChI is InChI=1S/C21H17N3O2/c1-15-6-5-9-17(10-15)20-19(11-18(12-22)21(25)26)14-24(23-20)13-16-7-3-2-4-8-16/h2-11,14H,13H2,1H3,(H,25,26)/p-1/b18-11+. The van der Waals surface area contributed by atoms with E-state index >= 15 is 0 Å². The summed E-state index contributed by atoms with van der Waals surface area (Å²) in [6.07, 6.45) is 3.05. The van der Waals surface area contributed by atoms with Crippen LogP contribution in [0.15, 0.2) is 66.4 Å². The number of hydrogen-bond donors (Lipinski definition) is 0. The Hall–Kier alpha value is -3.65. The van der Waals surface area contributed by atoms with Crippen molar-refractivity contribution in [1.29, 1.82) is 5.26 Å². The van der Waals surface area contributed by atoms with E-state index in [-0.39, 0.29) is 0 Å². The maximum atomic E-state index is 11.1. The monoisotopic (exact) mass is 342 g/mol. The van der Waals surface area contributed by atoms with Gasteiger partial charge >= 0.3 is 0 Å². The van der Waals surface area contributed by atoms with Crippen LogP contribution < -0.4 is 5.11 Å². The van der Waals surface area contributed by atoms with Gasteiger partial charge in [0.1, 0.15) is 6.07 Å². The number of carbonyl (C=O) groups excluding carboxylic acids is 1. The van der Waals surface area contributed by atoms with Crippen molar-refractivity contribution < 1.29 is 9.90 Å². The molecule has 3 aromatic rings. The summed E-state index contributed by atoms with van der Waals surface area (Å²) in [5, 5.41) is 24.8. The maximum absolute atomic E-state index is 11.1. The van der Waals surface area contributed by atoms with Gasteiger partial charge in [0.2, 0.25) is 0 Å². The smallest absolute Gasteiger partial charge is 0.101 e. The summed E-state index contributed by atoms with van der Waals surface area (Å²) in [5.74, 6) is -1.50. The van der Waals surface area contributed by atoms with E-state index in [1.807, 2.05) is 61.5 Å². The lowest BCUT2D eigenvalue weighted by atomic mass is 10.0. The van der Waals surface area contributed by atoms with Gasteiger partial charge in [0.05, 0.1) is 23.8 Å². The number of nitriles is 1. The molecule has 1 heterocycles. The molecule has 0 saturated heterocycles. The van der Waals surface area contributed by atoms with Gasteiger partial charge in [-0.1, -0.05) is 54.1 Å². The highest BCUT2D eigenvalue weighted by atomic mass is 16.4. The zero-order valence-corrected chi connectivity index (χ0v) is 14.2. The number of carboxylic acid groups (broad SMARTS) is 1. The van der Waals surface area contributed by atoms with Gasteiger partial charge in [-0.25, -0.2) is 0 Å². The number of carboxylic acids is 1. The topological polar surface area (TPSA) is 81.7 Å². The van der Waals surface area contributed by atoms with Crippen LogP contribution >= 0.6 is 0 Å². The molecule has 0 saturated carbocycles. The normalized spacial score (nSPS) is 11.2. The Morgan fingerprint density at radius 2 is 2.00 bits per heavy atom. The van der Waals surface area contributed by atoms with Crippen LogP contribution in [0.1, 0.15) is 16.7 Å². The minimum absolute atomic E-state index is 0.432. The Morgan fingerprint density at radius 3 is 2.65 bits per heavy atom. The van der Waals surface area contributed by atoms with Crippen molar-refractivity contribution in [1.82, 2.24) is 9.78 Å². The van der Waals surface area contributed by atoms with E-state index in [9.17, 15) is 9.90 Å². The van der Waals surface area contributed by atoms with E-state index in [2.05, 4.69) is 5.10 Å². The van der Waals surface area contributed by atoms with Crippen LogP contribution in [0.25, 0.3) is 17.3 Å². The Balaban J connectivity index is 2.08. The number of nitrogens with zero attached hydrogens (tertiary/aromatic N) is 3. The number of benzene rings is 2. The highest BCUT2D eigenvalue weighted by Crippen LogP contribution is 2.25. The Morgan fingerprint density at radius 1 is 1.23 bits per heavy atom. The zero-order valence-electron chi connectivity index (χ0n) is 14.2. The fourth-order valence-corrected chi connectivity index (χ4v) is 2.70. The summed E-state index contributed by atoms with van der Waals surface area (Å²) in [4.78, 5) is 11.1. The van der Waals surface area contributed by atoms with Crippen molar-refractivity contribution in [3.63, 3.8) is 0 Å². The van der Waals surface area contributed by atoms with Gasteiger partial charge in [-0.05, 0) is 24.6 Å². The second-order valence-corrected chi connectivity index (χ2v) is 5.94. The molecule has 0 fully saturated rings. The second kappa shape index (κ2) is 7.49. The summed E-state index contributed by atoms with van der Waals surface area (Å²) in [6.45, 7) is 2.52. The predicted molar refractivity (Wildman–Crippen MR) is 96.5 cm³/mol. The van der Waals surface area contributed by atoms with E-state index in [4.69, 9.17) is 5.26 Å². The molecular formula is C21H16N3O2-.